The SMILES string of the molecule is COc1cc(NC(=O)COC(=O)c2cc(C(C)=O)cn2C)c(C)cc1[N+](=O)[O-]. The number of nitro benzene ring substituents is 1. The number of Topliss-reactive ketones (excluding diaryl/α,β-unsaturated/α-hetero) is 1. The van der Waals surface area contributed by atoms with Crippen LogP contribution in [0.5, 0.6) is 5.75 Å². The van der Waals surface area contributed by atoms with Crippen LogP contribution in [-0.2, 0) is 16.6 Å². The van der Waals surface area contributed by atoms with Gasteiger partial charge < -0.3 is 19.4 Å². The van der Waals surface area contributed by atoms with E-state index in [1.807, 2.05) is 0 Å². The summed E-state index contributed by atoms with van der Waals surface area (Å²) in [7, 11) is 2.86. The summed E-state index contributed by atoms with van der Waals surface area (Å²) < 4.78 is 11.4. The summed E-state index contributed by atoms with van der Waals surface area (Å²) in [6.07, 6.45) is 1.49. The highest BCUT2D eigenvalue weighted by atomic mass is 16.6. The Balaban J connectivity index is 2.06. The first-order chi connectivity index (χ1) is 13.1. The summed E-state index contributed by atoms with van der Waals surface area (Å²) in [6, 6.07) is 3.98. The van der Waals surface area contributed by atoms with E-state index in [9.17, 15) is 24.5 Å². The van der Waals surface area contributed by atoms with Gasteiger partial charge in [-0.25, -0.2) is 4.79 Å². The number of aromatic nitrogens is 1. The molecule has 1 N–H and O–H groups in total. The molecule has 1 aromatic heterocycles. The zero-order valence-electron chi connectivity index (χ0n) is 15.8. The van der Waals surface area contributed by atoms with Crippen LogP contribution < -0.4 is 10.1 Å². The van der Waals surface area contributed by atoms with Crippen molar-refractivity contribution in [1.29, 1.82) is 0 Å². The van der Waals surface area contributed by atoms with Crippen molar-refractivity contribution >= 4 is 29.0 Å². The topological polar surface area (TPSA) is 130 Å². The highest BCUT2D eigenvalue weighted by Gasteiger charge is 2.20. The second-order valence-electron chi connectivity index (χ2n) is 6.00. The summed E-state index contributed by atoms with van der Waals surface area (Å²) in [5.41, 5.74) is 0.995. The minimum absolute atomic E-state index is 0.0107. The quantitative estimate of drug-likeness (QED) is 0.333. The van der Waals surface area contributed by atoms with E-state index in [0.29, 0.717) is 16.8 Å². The number of aryl methyl sites for hydroxylation is 2. The van der Waals surface area contributed by atoms with Gasteiger partial charge in [0, 0.05) is 36.6 Å². The van der Waals surface area contributed by atoms with E-state index in [4.69, 9.17) is 9.47 Å². The largest absolute Gasteiger partial charge is 0.490 e. The fourth-order valence-corrected chi connectivity index (χ4v) is 2.46. The first-order valence-electron chi connectivity index (χ1n) is 8.11. The van der Waals surface area contributed by atoms with E-state index >= 15 is 0 Å². The molecule has 1 aromatic carbocycles. The van der Waals surface area contributed by atoms with Crippen LogP contribution in [0.2, 0.25) is 0 Å². The predicted octanol–water partition coefficient (Wildman–Crippen LogP) is 2.25. The second kappa shape index (κ2) is 8.33. The summed E-state index contributed by atoms with van der Waals surface area (Å²) in [5.74, 6) is -1.60. The Labute approximate surface area is 160 Å². The molecular formula is C18H19N3O7. The number of amides is 1. The molecule has 0 aliphatic carbocycles. The lowest BCUT2D eigenvalue weighted by Crippen LogP contribution is -2.22. The molecule has 148 valence electrons. The lowest BCUT2D eigenvalue weighted by molar-refractivity contribution is -0.385. The first-order valence-corrected chi connectivity index (χ1v) is 8.11. The van der Waals surface area contributed by atoms with Crippen LogP contribution >= 0.6 is 0 Å². The van der Waals surface area contributed by atoms with E-state index < -0.39 is 23.4 Å². The minimum atomic E-state index is -0.761. The molecule has 0 spiro atoms. The number of esters is 1. The Morgan fingerprint density at radius 1 is 1.25 bits per heavy atom. The van der Waals surface area contributed by atoms with Crippen LogP contribution in [0.1, 0.15) is 33.3 Å². The van der Waals surface area contributed by atoms with Gasteiger partial charge in [0.15, 0.2) is 18.1 Å². The van der Waals surface area contributed by atoms with Crippen LogP contribution in [0.3, 0.4) is 0 Å². The number of carbonyl (C=O) groups excluding carboxylic acids is 3. The van der Waals surface area contributed by atoms with E-state index in [0.717, 1.165) is 0 Å². The Kier molecular flexibility index (Phi) is 6.14. The maximum absolute atomic E-state index is 12.1. The van der Waals surface area contributed by atoms with Gasteiger partial charge in [-0.2, -0.15) is 0 Å². The average Bonchev–Trinajstić information content (AvgIpc) is 3.03. The smallest absolute Gasteiger partial charge is 0.355 e. The first kappa shape index (κ1) is 20.6. The molecule has 0 saturated heterocycles. The molecule has 1 amide bonds. The van der Waals surface area contributed by atoms with Crippen molar-refractivity contribution in [3.05, 3.63) is 51.3 Å². The molecule has 10 heteroatoms. The zero-order valence-corrected chi connectivity index (χ0v) is 15.8. The van der Waals surface area contributed by atoms with Crippen molar-refractivity contribution in [2.45, 2.75) is 13.8 Å². The highest BCUT2D eigenvalue weighted by molar-refractivity contribution is 5.99. The molecule has 10 nitrogen and oxygen atoms in total. The normalized spacial score (nSPS) is 10.3. The molecule has 2 rings (SSSR count). The van der Waals surface area contributed by atoms with Crippen molar-refractivity contribution < 1.29 is 28.8 Å². The van der Waals surface area contributed by atoms with Gasteiger partial charge in [-0.3, -0.25) is 19.7 Å². The number of ether oxygens (including phenoxy) is 2. The van der Waals surface area contributed by atoms with Crippen molar-refractivity contribution in [2.24, 2.45) is 7.05 Å². The number of hydrogen-bond donors (Lipinski definition) is 1. The van der Waals surface area contributed by atoms with Gasteiger partial charge in [0.2, 0.25) is 0 Å². The number of benzene rings is 1. The third-order valence-corrected chi connectivity index (χ3v) is 3.95. The Bertz CT molecular complexity index is 962. The van der Waals surface area contributed by atoms with Crippen molar-refractivity contribution in [2.75, 3.05) is 19.0 Å². The number of ketones is 1. The molecule has 0 saturated carbocycles. The van der Waals surface area contributed by atoms with E-state index in [-0.39, 0.29) is 22.9 Å². The van der Waals surface area contributed by atoms with Gasteiger partial charge in [0.25, 0.3) is 5.91 Å². The minimum Gasteiger partial charge on any atom is -0.490 e. The molecule has 0 unspecified atom stereocenters. The van der Waals surface area contributed by atoms with Crippen molar-refractivity contribution in [3.63, 3.8) is 0 Å². The monoisotopic (exact) mass is 389 g/mol. The maximum atomic E-state index is 12.1. The lowest BCUT2D eigenvalue weighted by atomic mass is 10.1. The molecular weight excluding hydrogens is 370 g/mol. The third kappa shape index (κ3) is 4.53. The van der Waals surface area contributed by atoms with Gasteiger partial charge in [-0.05, 0) is 25.5 Å². The molecule has 2 aromatic rings. The molecule has 0 atom stereocenters. The molecule has 0 radical (unpaired) electrons. The van der Waals surface area contributed by atoms with Crippen LogP contribution in [-0.4, -0.2) is 40.9 Å². The van der Waals surface area contributed by atoms with Gasteiger partial charge in [0.1, 0.15) is 5.69 Å². The number of nitrogens with zero attached hydrogens (tertiary/aromatic N) is 2. The number of hydrogen-bond acceptors (Lipinski definition) is 7. The molecule has 0 aliphatic rings. The summed E-state index contributed by atoms with van der Waals surface area (Å²) >= 11 is 0. The Hall–Kier alpha value is -3.69. The third-order valence-electron chi connectivity index (χ3n) is 3.95. The van der Waals surface area contributed by atoms with E-state index in [1.54, 1.807) is 14.0 Å². The van der Waals surface area contributed by atoms with Crippen LogP contribution in [0.15, 0.2) is 24.4 Å². The molecule has 0 bridgehead atoms. The second-order valence-corrected chi connectivity index (χ2v) is 6.00. The summed E-state index contributed by atoms with van der Waals surface area (Å²) in [4.78, 5) is 46.0. The predicted molar refractivity (Wildman–Crippen MR) is 98.7 cm³/mol. The van der Waals surface area contributed by atoms with Crippen LogP contribution in [0.25, 0.3) is 0 Å². The average molecular weight is 389 g/mol. The fourth-order valence-electron chi connectivity index (χ4n) is 2.46. The lowest BCUT2D eigenvalue weighted by Gasteiger charge is -2.11. The van der Waals surface area contributed by atoms with Gasteiger partial charge in [0.05, 0.1) is 12.0 Å². The van der Waals surface area contributed by atoms with E-state index in [2.05, 4.69) is 5.32 Å². The fraction of sp³-hybridized carbons (Fsp3) is 0.278. The number of nitrogens with one attached hydrogen (secondary N) is 1. The summed E-state index contributed by atoms with van der Waals surface area (Å²) in [6.45, 7) is 2.39. The number of anilines is 1. The number of methoxy groups -OCH3 is 1. The van der Waals surface area contributed by atoms with Crippen LogP contribution in [0, 0.1) is 17.0 Å². The Morgan fingerprint density at radius 3 is 2.46 bits per heavy atom. The molecule has 1 heterocycles. The summed E-state index contributed by atoms with van der Waals surface area (Å²) in [5, 5.41) is 13.5. The number of nitro groups is 1. The Morgan fingerprint density at radius 2 is 1.93 bits per heavy atom. The van der Waals surface area contributed by atoms with Gasteiger partial charge >= 0.3 is 11.7 Å². The molecule has 28 heavy (non-hydrogen) atoms. The van der Waals surface area contributed by atoms with Gasteiger partial charge in [-0.1, -0.05) is 0 Å². The molecule has 0 aliphatic heterocycles. The van der Waals surface area contributed by atoms with Crippen molar-refractivity contribution in [3.8, 4) is 5.75 Å². The molecule has 0 fully saturated rings. The van der Waals surface area contributed by atoms with Crippen LogP contribution in [0.4, 0.5) is 11.4 Å². The van der Waals surface area contributed by atoms with Gasteiger partial charge in [-0.15, -0.1) is 0 Å². The number of carbonyl (C=O) groups is 3. The van der Waals surface area contributed by atoms with Crippen molar-refractivity contribution in [1.82, 2.24) is 4.57 Å². The maximum Gasteiger partial charge on any atom is 0.355 e. The standard InChI is InChI=1S/C18H19N3O7/c1-10-5-14(21(25)26)16(27-4)7-13(10)19-17(23)9-28-18(24)15-6-12(11(2)22)8-20(15)3/h5-8H,9H2,1-4H3,(H,19,23). The number of rotatable bonds is 7. The van der Waals surface area contributed by atoms with E-state index in [1.165, 1.54) is 43.0 Å². The highest BCUT2D eigenvalue weighted by Crippen LogP contribution is 2.32. The zero-order chi connectivity index (χ0) is 21.0.